The molecular formula is C12H24. The van der Waals surface area contributed by atoms with Gasteiger partial charge in [0.2, 0.25) is 0 Å². The van der Waals surface area contributed by atoms with E-state index in [-0.39, 0.29) is 0 Å². The largest absolute Gasteiger partial charge is 0.0857 e. The highest BCUT2D eigenvalue weighted by molar-refractivity contribution is 4.88. The molecule has 0 radical (unpaired) electrons. The molecule has 12 heavy (non-hydrogen) atoms. The summed E-state index contributed by atoms with van der Waals surface area (Å²) in [4.78, 5) is 0. The van der Waals surface area contributed by atoms with Crippen LogP contribution in [0.1, 0.15) is 47.5 Å². The van der Waals surface area contributed by atoms with Crippen LogP contribution in [-0.2, 0) is 0 Å². The third-order valence-electron chi connectivity index (χ3n) is 2.02. The van der Waals surface area contributed by atoms with Gasteiger partial charge in [-0.25, -0.2) is 0 Å². The monoisotopic (exact) mass is 168 g/mol. The SMILES string of the molecule is CC(C)/C=C/[C@H](C)CCC(C)C. The van der Waals surface area contributed by atoms with E-state index in [1.807, 2.05) is 0 Å². The van der Waals surface area contributed by atoms with Crippen molar-refractivity contribution < 1.29 is 0 Å². The first kappa shape index (κ1) is 11.7. The van der Waals surface area contributed by atoms with E-state index >= 15 is 0 Å². The van der Waals surface area contributed by atoms with Crippen molar-refractivity contribution in [3.05, 3.63) is 12.2 Å². The summed E-state index contributed by atoms with van der Waals surface area (Å²) in [6.45, 7) is 11.3. The van der Waals surface area contributed by atoms with Crippen molar-refractivity contribution in [2.45, 2.75) is 47.5 Å². The minimum Gasteiger partial charge on any atom is -0.0857 e. The molecule has 0 aliphatic rings. The summed E-state index contributed by atoms with van der Waals surface area (Å²) in [5, 5.41) is 0. The van der Waals surface area contributed by atoms with E-state index in [0.717, 1.165) is 11.8 Å². The van der Waals surface area contributed by atoms with Gasteiger partial charge in [0.05, 0.1) is 0 Å². The highest BCUT2D eigenvalue weighted by atomic mass is 14.1. The van der Waals surface area contributed by atoms with Crippen molar-refractivity contribution in [1.82, 2.24) is 0 Å². The fraction of sp³-hybridized carbons (Fsp3) is 0.833. The number of allylic oxidation sites excluding steroid dienone is 2. The summed E-state index contributed by atoms with van der Waals surface area (Å²) < 4.78 is 0. The van der Waals surface area contributed by atoms with Crippen molar-refractivity contribution in [2.75, 3.05) is 0 Å². The second kappa shape index (κ2) is 6.28. The average molecular weight is 168 g/mol. The Bertz CT molecular complexity index is 120. The van der Waals surface area contributed by atoms with Gasteiger partial charge in [-0.15, -0.1) is 0 Å². The van der Waals surface area contributed by atoms with Crippen LogP contribution < -0.4 is 0 Å². The predicted octanol–water partition coefficient (Wildman–Crippen LogP) is 4.27. The second-order valence-corrected chi connectivity index (χ2v) is 4.58. The van der Waals surface area contributed by atoms with E-state index in [0.29, 0.717) is 5.92 Å². The molecule has 0 aromatic rings. The van der Waals surface area contributed by atoms with E-state index in [2.05, 4.69) is 46.8 Å². The number of hydrogen-bond donors (Lipinski definition) is 0. The number of hydrogen-bond acceptors (Lipinski definition) is 0. The van der Waals surface area contributed by atoms with Gasteiger partial charge in [-0.2, -0.15) is 0 Å². The minimum absolute atomic E-state index is 0.700. The van der Waals surface area contributed by atoms with Gasteiger partial charge in [0.15, 0.2) is 0 Å². The van der Waals surface area contributed by atoms with Crippen LogP contribution in [-0.4, -0.2) is 0 Å². The van der Waals surface area contributed by atoms with E-state index in [1.54, 1.807) is 0 Å². The Balaban J connectivity index is 3.52. The molecule has 0 saturated carbocycles. The smallest absolute Gasteiger partial charge is 0.0262 e. The Morgan fingerprint density at radius 1 is 0.833 bits per heavy atom. The first-order valence-electron chi connectivity index (χ1n) is 5.20. The van der Waals surface area contributed by atoms with Crippen molar-refractivity contribution >= 4 is 0 Å². The standard InChI is InChI=1S/C12H24/c1-10(2)6-8-12(5)9-7-11(3)4/h6,8,10-12H,7,9H2,1-5H3/b8-6+/t12-/m0/s1. The van der Waals surface area contributed by atoms with Crippen LogP contribution in [0, 0.1) is 17.8 Å². The van der Waals surface area contributed by atoms with E-state index in [1.165, 1.54) is 12.8 Å². The molecule has 0 bridgehead atoms. The van der Waals surface area contributed by atoms with E-state index in [4.69, 9.17) is 0 Å². The third-order valence-corrected chi connectivity index (χ3v) is 2.02. The fourth-order valence-corrected chi connectivity index (χ4v) is 1.10. The average Bonchev–Trinajstić information content (AvgIpc) is 1.96. The quantitative estimate of drug-likeness (QED) is 0.538. The molecule has 0 aromatic carbocycles. The van der Waals surface area contributed by atoms with Crippen molar-refractivity contribution in [1.29, 1.82) is 0 Å². The highest BCUT2D eigenvalue weighted by Crippen LogP contribution is 2.13. The molecule has 0 fully saturated rings. The van der Waals surface area contributed by atoms with Gasteiger partial charge < -0.3 is 0 Å². The zero-order valence-corrected chi connectivity index (χ0v) is 9.30. The summed E-state index contributed by atoms with van der Waals surface area (Å²) in [5.74, 6) is 2.31. The lowest BCUT2D eigenvalue weighted by Gasteiger charge is -2.08. The zero-order chi connectivity index (χ0) is 9.56. The van der Waals surface area contributed by atoms with Gasteiger partial charge in [-0.1, -0.05) is 53.2 Å². The Labute approximate surface area is 78.1 Å². The summed E-state index contributed by atoms with van der Waals surface area (Å²) >= 11 is 0. The summed E-state index contributed by atoms with van der Waals surface area (Å²) in [6.07, 6.45) is 7.35. The molecule has 0 aromatic heterocycles. The molecule has 0 spiro atoms. The van der Waals surface area contributed by atoms with Crippen LogP contribution in [0.5, 0.6) is 0 Å². The zero-order valence-electron chi connectivity index (χ0n) is 9.30. The lowest BCUT2D eigenvalue weighted by atomic mass is 9.98. The minimum atomic E-state index is 0.700. The lowest BCUT2D eigenvalue weighted by molar-refractivity contribution is 0.501. The molecule has 72 valence electrons. The van der Waals surface area contributed by atoms with Gasteiger partial charge in [0, 0.05) is 0 Å². The summed E-state index contributed by atoms with van der Waals surface area (Å²) in [5.41, 5.74) is 0. The summed E-state index contributed by atoms with van der Waals surface area (Å²) in [6, 6.07) is 0. The Hall–Kier alpha value is -0.260. The molecule has 0 heterocycles. The normalized spacial score (nSPS) is 14.9. The second-order valence-electron chi connectivity index (χ2n) is 4.58. The van der Waals surface area contributed by atoms with Crippen LogP contribution >= 0.6 is 0 Å². The molecular weight excluding hydrogens is 144 g/mol. The van der Waals surface area contributed by atoms with Gasteiger partial charge in [0.25, 0.3) is 0 Å². The molecule has 0 aliphatic heterocycles. The fourth-order valence-electron chi connectivity index (χ4n) is 1.10. The molecule has 0 aliphatic carbocycles. The molecule has 0 saturated heterocycles. The molecule has 0 amide bonds. The maximum absolute atomic E-state index is 2.35. The Kier molecular flexibility index (Phi) is 6.14. The molecule has 0 nitrogen and oxygen atoms in total. The molecule has 0 heteroatoms. The van der Waals surface area contributed by atoms with Crippen molar-refractivity contribution in [3.8, 4) is 0 Å². The van der Waals surface area contributed by atoms with Crippen LogP contribution in [0.2, 0.25) is 0 Å². The third kappa shape index (κ3) is 7.84. The van der Waals surface area contributed by atoms with Gasteiger partial charge in [-0.05, 0) is 24.2 Å². The van der Waals surface area contributed by atoms with Gasteiger partial charge >= 0.3 is 0 Å². The Morgan fingerprint density at radius 2 is 1.42 bits per heavy atom. The first-order valence-corrected chi connectivity index (χ1v) is 5.20. The van der Waals surface area contributed by atoms with Crippen LogP contribution in [0.3, 0.4) is 0 Å². The van der Waals surface area contributed by atoms with E-state index < -0.39 is 0 Å². The highest BCUT2D eigenvalue weighted by Gasteiger charge is 1.99. The first-order chi connectivity index (χ1) is 5.52. The molecule has 0 N–H and O–H groups in total. The van der Waals surface area contributed by atoms with Crippen LogP contribution in [0.25, 0.3) is 0 Å². The van der Waals surface area contributed by atoms with Gasteiger partial charge in [0.1, 0.15) is 0 Å². The lowest BCUT2D eigenvalue weighted by Crippen LogP contribution is -1.95. The van der Waals surface area contributed by atoms with Gasteiger partial charge in [-0.3, -0.25) is 0 Å². The molecule has 1 atom stereocenters. The molecule has 0 unspecified atom stereocenters. The molecule has 0 rings (SSSR count). The number of rotatable bonds is 5. The van der Waals surface area contributed by atoms with Crippen LogP contribution in [0.15, 0.2) is 12.2 Å². The summed E-state index contributed by atoms with van der Waals surface area (Å²) in [7, 11) is 0. The topological polar surface area (TPSA) is 0 Å². The van der Waals surface area contributed by atoms with Crippen molar-refractivity contribution in [3.63, 3.8) is 0 Å². The maximum Gasteiger partial charge on any atom is -0.0262 e. The van der Waals surface area contributed by atoms with Crippen LogP contribution in [0.4, 0.5) is 0 Å². The van der Waals surface area contributed by atoms with E-state index in [9.17, 15) is 0 Å². The van der Waals surface area contributed by atoms with Crippen molar-refractivity contribution in [2.24, 2.45) is 17.8 Å². The maximum atomic E-state index is 2.35. The predicted molar refractivity (Wildman–Crippen MR) is 57.2 cm³/mol. The Morgan fingerprint density at radius 3 is 1.83 bits per heavy atom.